The Balaban J connectivity index is 1.81. The molecule has 2 aromatic rings. The lowest BCUT2D eigenvalue weighted by molar-refractivity contribution is -0.117. The molecule has 1 aromatic heterocycles. The molecule has 5 heteroatoms. The standard InChI is InChI=1S/C16H22N4O/c1-2-6-13-11-15(20-19-13)18-16(21)14(17)10-9-12-7-4-3-5-8-12/h3-5,7-8,11,14H,2,6,9-10,17H2,1H3,(H2,18,19,20,21)/t14-/m0/s1. The van der Waals surface area contributed by atoms with Gasteiger partial charge < -0.3 is 11.1 Å². The minimum atomic E-state index is -0.531. The van der Waals surface area contributed by atoms with E-state index in [0.717, 1.165) is 25.0 Å². The topological polar surface area (TPSA) is 83.8 Å². The Morgan fingerprint density at radius 3 is 2.81 bits per heavy atom. The third-order valence-electron chi connectivity index (χ3n) is 3.33. The highest BCUT2D eigenvalue weighted by Crippen LogP contribution is 2.09. The van der Waals surface area contributed by atoms with Crippen LogP contribution in [0.1, 0.15) is 31.0 Å². The largest absolute Gasteiger partial charge is 0.320 e. The first-order valence-electron chi connectivity index (χ1n) is 7.33. The molecule has 1 amide bonds. The average molecular weight is 286 g/mol. The van der Waals surface area contributed by atoms with Gasteiger partial charge in [0.05, 0.1) is 6.04 Å². The quantitative estimate of drug-likeness (QED) is 0.730. The van der Waals surface area contributed by atoms with Gasteiger partial charge in [-0.1, -0.05) is 43.7 Å². The smallest absolute Gasteiger partial charge is 0.242 e. The first-order chi connectivity index (χ1) is 10.2. The molecule has 112 valence electrons. The fraction of sp³-hybridized carbons (Fsp3) is 0.375. The van der Waals surface area contributed by atoms with Gasteiger partial charge >= 0.3 is 0 Å². The van der Waals surface area contributed by atoms with Gasteiger partial charge in [-0.05, 0) is 24.8 Å². The number of aromatic amines is 1. The van der Waals surface area contributed by atoms with E-state index in [1.54, 1.807) is 0 Å². The van der Waals surface area contributed by atoms with Crippen LogP contribution in [0.4, 0.5) is 5.82 Å². The SMILES string of the molecule is CCCc1cc(NC(=O)[C@@H](N)CCc2ccccc2)n[nH]1. The molecule has 0 aliphatic rings. The highest BCUT2D eigenvalue weighted by atomic mass is 16.2. The molecular weight excluding hydrogens is 264 g/mol. The fourth-order valence-electron chi connectivity index (χ4n) is 2.14. The van der Waals surface area contributed by atoms with Crippen LogP contribution in [0.15, 0.2) is 36.4 Å². The number of aryl methyl sites for hydroxylation is 2. The summed E-state index contributed by atoms with van der Waals surface area (Å²) in [6.07, 6.45) is 3.36. The molecule has 4 N–H and O–H groups in total. The van der Waals surface area contributed by atoms with Crippen molar-refractivity contribution >= 4 is 11.7 Å². The summed E-state index contributed by atoms with van der Waals surface area (Å²) in [5, 5.41) is 9.72. The number of aromatic nitrogens is 2. The highest BCUT2D eigenvalue weighted by molar-refractivity contribution is 5.93. The Bertz CT molecular complexity index is 565. The molecule has 1 heterocycles. The number of anilines is 1. The molecule has 0 aliphatic carbocycles. The number of nitrogens with two attached hydrogens (primary N) is 1. The van der Waals surface area contributed by atoms with E-state index < -0.39 is 6.04 Å². The van der Waals surface area contributed by atoms with Crippen molar-refractivity contribution < 1.29 is 4.79 Å². The van der Waals surface area contributed by atoms with Crippen molar-refractivity contribution in [3.05, 3.63) is 47.7 Å². The summed E-state index contributed by atoms with van der Waals surface area (Å²) in [7, 11) is 0. The normalized spacial score (nSPS) is 12.1. The third kappa shape index (κ3) is 4.72. The van der Waals surface area contributed by atoms with Crippen LogP contribution in [-0.2, 0) is 17.6 Å². The zero-order valence-corrected chi connectivity index (χ0v) is 12.3. The van der Waals surface area contributed by atoms with Gasteiger partial charge in [-0.2, -0.15) is 5.10 Å². The highest BCUT2D eigenvalue weighted by Gasteiger charge is 2.14. The summed E-state index contributed by atoms with van der Waals surface area (Å²) in [5.74, 6) is 0.346. The minimum absolute atomic E-state index is 0.194. The van der Waals surface area contributed by atoms with E-state index in [9.17, 15) is 4.79 Å². The van der Waals surface area contributed by atoms with Crippen LogP contribution in [-0.4, -0.2) is 22.1 Å². The number of nitrogens with one attached hydrogen (secondary N) is 2. The molecule has 1 aromatic carbocycles. The van der Waals surface area contributed by atoms with Crippen LogP contribution in [0.3, 0.4) is 0 Å². The predicted octanol–water partition coefficient (Wildman–Crippen LogP) is 2.26. The van der Waals surface area contributed by atoms with E-state index in [-0.39, 0.29) is 5.91 Å². The maximum absolute atomic E-state index is 12.0. The Kier molecular flexibility index (Phi) is 5.51. The number of hydrogen-bond acceptors (Lipinski definition) is 3. The molecule has 0 aliphatic heterocycles. The molecule has 0 saturated heterocycles. The van der Waals surface area contributed by atoms with Crippen LogP contribution in [0, 0.1) is 0 Å². The van der Waals surface area contributed by atoms with Crippen molar-refractivity contribution in [2.24, 2.45) is 5.73 Å². The van der Waals surface area contributed by atoms with Crippen LogP contribution in [0.2, 0.25) is 0 Å². The number of benzene rings is 1. The molecule has 0 fully saturated rings. The number of nitrogens with zero attached hydrogens (tertiary/aromatic N) is 1. The van der Waals surface area contributed by atoms with Gasteiger partial charge in [-0.25, -0.2) is 0 Å². The van der Waals surface area contributed by atoms with Crippen molar-refractivity contribution in [2.45, 2.75) is 38.6 Å². The first-order valence-corrected chi connectivity index (χ1v) is 7.33. The molecule has 2 rings (SSSR count). The van der Waals surface area contributed by atoms with E-state index >= 15 is 0 Å². The monoisotopic (exact) mass is 286 g/mol. The fourth-order valence-corrected chi connectivity index (χ4v) is 2.14. The van der Waals surface area contributed by atoms with Crippen LogP contribution >= 0.6 is 0 Å². The van der Waals surface area contributed by atoms with Gasteiger partial charge in [0, 0.05) is 11.8 Å². The Hall–Kier alpha value is -2.14. The lowest BCUT2D eigenvalue weighted by Gasteiger charge is -2.10. The van der Waals surface area contributed by atoms with Gasteiger partial charge in [-0.3, -0.25) is 9.89 Å². The zero-order chi connectivity index (χ0) is 15.1. The second-order valence-corrected chi connectivity index (χ2v) is 5.15. The van der Waals surface area contributed by atoms with Gasteiger partial charge in [-0.15, -0.1) is 0 Å². The molecule has 0 radical (unpaired) electrons. The molecule has 0 saturated carbocycles. The van der Waals surface area contributed by atoms with E-state index in [2.05, 4.69) is 22.4 Å². The first kappa shape index (κ1) is 15.3. The Morgan fingerprint density at radius 1 is 1.33 bits per heavy atom. The van der Waals surface area contributed by atoms with Gasteiger partial charge in [0.1, 0.15) is 0 Å². The number of amides is 1. The van der Waals surface area contributed by atoms with E-state index in [4.69, 9.17) is 5.73 Å². The van der Waals surface area contributed by atoms with Crippen molar-refractivity contribution in [1.82, 2.24) is 10.2 Å². The number of rotatable bonds is 7. The summed E-state index contributed by atoms with van der Waals surface area (Å²) >= 11 is 0. The lowest BCUT2D eigenvalue weighted by atomic mass is 10.1. The van der Waals surface area contributed by atoms with Crippen molar-refractivity contribution in [3.63, 3.8) is 0 Å². The number of carbonyl (C=O) groups is 1. The Morgan fingerprint density at radius 2 is 2.10 bits per heavy atom. The Labute approximate surface area is 124 Å². The molecule has 1 atom stereocenters. The number of H-pyrrole nitrogens is 1. The van der Waals surface area contributed by atoms with Gasteiger partial charge in [0.25, 0.3) is 0 Å². The summed E-state index contributed by atoms with van der Waals surface area (Å²) in [6.45, 7) is 2.10. The maximum atomic E-state index is 12.0. The third-order valence-corrected chi connectivity index (χ3v) is 3.33. The van der Waals surface area contributed by atoms with Crippen LogP contribution in [0.25, 0.3) is 0 Å². The summed E-state index contributed by atoms with van der Waals surface area (Å²) < 4.78 is 0. The van der Waals surface area contributed by atoms with Crippen molar-refractivity contribution in [2.75, 3.05) is 5.32 Å². The second-order valence-electron chi connectivity index (χ2n) is 5.15. The van der Waals surface area contributed by atoms with Crippen molar-refractivity contribution in [3.8, 4) is 0 Å². The van der Waals surface area contributed by atoms with E-state index in [1.165, 1.54) is 5.56 Å². The minimum Gasteiger partial charge on any atom is -0.320 e. The van der Waals surface area contributed by atoms with Crippen LogP contribution in [0.5, 0.6) is 0 Å². The summed E-state index contributed by atoms with van der Waals surface area (Å²) in [6, 6.07) is 11.3. The zero-order valence-electron chi connectivity index (χ0n) is 12.3. The summed E-state index contributed by atoms with van der Waals surface area (Å²) in [5.41, 5.74) is 8.13. The van der Waals surface area contributed by atoms with Gasteiger partial charge in [0.15, 0.2) is 5.82 Å². The molecule has 0 bridgehead atoms. The van der Waals surface area contributed by atoms with Gasteiger partial charge in [0.2, 0.25) is 5.91 Å². The lowest BCUT2D eigenvalue weighted by Crippen LogP contribution is -2.36. The maximum Gasteiger partial charge on any atom is 0.242 e. The molecule has 5 nitrogen and oxygen atoms in total. The second kappa shape index (κ2) is 7.59. The molecule has 0 spiro atoms. The van der Waals surface area contributed by atoms with Crippen molar-refractivity contribution in [1.29, 1.82) is 0 Å². The molecule has 21 heavy (non-hydrogen) atoms. The molecule has 0 unspecified atom stereocenters. The summed E-state index contributed by atoms with van der Waals surface area (Å²) in [4.78, 5) is 12.0. The van der Waals surface area contributed by atoms with E-state index in [0.29, 0.717) is 12.2 Å². The number of hydrogen-bond donors (Lipinski definition) is 3. The number of carbonyl (C=O) groups excluding carboxylic acids is 1. The predicted molar refractivity (Wildman–Crippen MR) is 84.0 cm³/mol. The van der Waals surface area contributed by atoms with Crippen LogP contribution < -0.4 is 11.1 Å². The molecular formula is C16H22N4O. The average Bonchev–Trinajstić information content (AvgIpc) is 2.93. The van der Waals surface area contributed by atoms with E-state index in [1.807, 2.05) is 36.4 Å².